The Morgan fingerprint density at radius 2 is 0.889 bits per heavy atom. The minimum Gasteiger partial charge on any atom is -0.309 e. The van der Waals surface area contributed by atoms with Crippen molar-refractivity contribution >= 4 is 55.1 Å². The van der Waals surface area contributed by atoms with Gasteiger partial charge in [0, 0.05) is 39.6 Å². The normalized spacial score (nSPS) is 14.1. The molecule has 1 aliphatic heterocycles. The van der Waals surface area contributed by atoms with E-state index < -0.39 is 0 Å². The Labute approximate surface area is 313 Å². The molecule has 54 heavy (non-hydrogen) atoms. The van der Waals surface area contributed by atoms with Gasteiger partial charge in [-0.15, -0.1) is 0 Å². The second kappa shape index (κ2) is 12.3. The number of fused-ring (bicyclic) bond motifs is 7. The number of hydrogen-bond donors (Lipinski definition) is 0. The van der Waals surface area contributed by atoms with Crippen molar-refractivity contribution < 1.29 is 0 Å². The first-order valence-electron chi connectivity index (χ1n) is 18.7. The van der Waals surface area contributed by atoms with Gasteiger partial charge in [0.2, 0.25) is 0 Å². The first kappa shape index (κ1) is 30.6. The highest BCUT2D eigenvalue weighted by molar-refractivity contribution is 6.16. The van der Waals surface area contributed by atoms with Crippen LogP contribution in [0.15, 0.2) is 199 Å². The fourth-order valence-electron chi connectivity index (χ4n) is 8.78. The molecule has 0 fully saturated rings. The highest BCUT2D eigenvalue weighted by Gasteiger charge is 2.27. The van der Waals surface area contributed by atoms with E-state index in [4.69, 9.17) is 4.99 Å². The van der Waals surface area contributed by atoms with E-state index in [-0.39, 0.29) is 5.92 Å². The summed E-state index contributed by atoms with van der Waals surface area (Å²) >= 11 is 0. The fraction of sp³-hybridized carbons (Fsp3) is 0.0392. The van der Waals surface area contributed by atoms with E-state index in [1.807, 2.05) is 0 Å². The van der Waals surface area contributed by atoms with E-state index in [2.05, 4.69) is 203 Å². The summed E-state index contributed by atoms with van der Waals surface area (Å²) in [6.07, 6.45) is 0.805. The van der Waals surface area contributed by atoms with Crippen molar-refractivity contribution in [3.8, 4) is 27.9 Å². The van der Waals surface area contributed by atoms with Gasteiger partial charge < -0.3 is 4.57 Å². The molecule has 0 radical (unpaired) electrons. The molecule has 0 bridgehead atoms. The number of nitrogens with zero attached hydrogens (tertiary/aromatic N) is 3. The molecule has 0 spiro atoms. The van der Waals surface area contributed by atoms with E-state index in [1.165, 1.54) is 82.7 Å². The second-order valence-electron chi connectivity index (χ2n) is 14.3. The van der Waals surface area contributed by atoms with Gasteiger partial charge in [0.25, 0.3) is 0 Å². The Bertz CT molecular complexity index is 3060. The molecule has 1 atom stereocenters. The Hall–Kier alpha value is -6.97. The SMILES string of the molecule is c1ccc(-c2ccc(C3CC(n4c5ccccc5c5cc(-c6ccc7c(c6)c6ccccc6n7-c6ccccc6)ccc54)=Nc4ccccc43)cc2)cc1. The zero-order chi connectivity index (χ0) is 35.6. The molecule has 1 unspecified atom stereocenters. The molecule has 1 aliphatic rings. The number of aromatic nitrogens is 2. The van der Waals surface area contributed by atoms with Crippen LogP contribution in [0.5, 0.6) is 0 Å². The number of rotatable bonds is 4. The summed E-state index contributed by atoms with van der Waals surface area (Å²) in [4.78, 5) is 5.38. The van der Waals surface area contributed by atoms with Gasteiger partial charge in [-0.25, -0.2) is 4.99 Å². The van der Waals surface area contributed by atoms with Gasteiger partial charge in [-0.2, -0.15) is 0 Å². The van der Waals surface area contributed by atoms with Gasteiger partial charge in [0.1, 0.15) is 5.84 Å². The molecule has 3 heterocycles. The quantitative estimate of drug-likeness (QED) is 0.176. The first-order valence-corrected chi connectivity index (χ1v) is 18.7. The van der Waals surface area contributed by atoms with Crippen LogP contribution in [0.3, 0.4) is 0 Å². The molecule has 0 aliphatic carbocycles. The molecule has 254 valence electrons. The lowest BCUT2D eigenvalue weighted by Gasteiger charge is -2.26. The smallest absolute Gasteiger partial charge is 0.115 e. The summed E-state index contributed by atoms with van der Waals surface area (Å²) in [6, 6.07) is 70.5. The third kappa shape index (κ3) is 4.86. The van der Waals surface area contributed by atoms with Crippen LogP contribution in [0.4, 0.5) is 5.69 Å². The Kier molecular flexibility index (Phi) is 6.99. The number of hydrogen-bond acceptors (Lipinski definition) is 1. The topological polar surface area (TPSA) is 22.2 Å². The third-order valence-electron chi connectivity index (χ3n) is 11.3. The van der Waals surface area contributed by atoms with Crippen molar-refractivity contribution in [1.29, 1.82) is 0 Å². The molecule has 0 N–H and O–H groups in total. The van der Waals surface area contributed by atoms with E-state index >= 15 is 0 Å². The largest absolute Gasteiger partial charge is 0.309 e. The number of benzene rings is 8. The number of aliphatic imine (C=N–C) groups is 1. The van der Waals surface area contributed by atoms with Crippen molar-refractivity contribution in [3.05, 3.63) is 205 Å². The zero-order valence-corrected chi connectivity index (χ0v) is 29.6. The highest BCUT2D eigenvalue weighted by atomic mass is 15.1. The van der Waals surface area contributed by atoms with Crippen LogP contribution in [0.1, 0.15) is 23.5 Å². The second-order valence-corrected chi connectivity index (χ2v) is 14.3. The third-order valence-corrected chi connectivity index (χ3v) is 11.3. The highest BCUT2D eigenvalue weighted by Crippen LogP contribution is 2.42. The van der Waals surface area contributed by atoms with Crippen molar-refractivity contribution in [2.75, 3.05) is 0 Å². The van der Waals surface area contributed by atoms with E-state index in [0.29, 0.717) is 0 Å². The summed E-state index contributed by atoms with van der Waals surface area (Å²) in [5.41, 5.74) is 14.5. The van der Waals surface area contributed by atoms with Crippen LogP contribution >= 0.6 is 0 Å². The monoisotopic (exact) mass is 689 g/mol. The molecule has 8 aromatic carbocycles. The molecule has 0 saturated carbocycles. The summed E-state index contributed by atoms with van der Waals surface area (Å²) in [7, 11) is 0. The minimum absolute atomic E-state index is 0.193. The van der Waals surface area contributed by atoms with Gasteiger partial charge in [0.15, 0.2) is 0 Å². The Balaban J connectivity index is 1.03. The van der Waals surface area contributed by atoms with Gasteiger partial charge in [-0.1, -0.05) is 140 Å². The summed E-state index contributed by atoms with van der Waals surface area (Å²) < 4.78 is 4.78. The van der Waals surface area contributed by atoms with Gasteiger partial charge in [-0.05, 0) is 88.0 Å². The van der Waals surface area contributed by atoms with Crippen LogP contribution in [-0.2, 0) is 0 Å². The molecule has 2 aromatic heterocycles. The Morgan fingerprint density at radius 3 is 1.57 bits per heavy atom. The van der Waals surface area contributed by atoms with Crippen molar-refractivity contribution in [1.82, 2.24) is 9.13 Å². The van der Waals surface area contributed by atoms with E-state index in [9.17, 15) is 0 Å². The summed E-state index contributed by atoms with van der Waals surface area (Å²) in [5, 5.41) is 4.99. The zero-order valence-electron chi connectivity index (χ0n) is 29.6. The van der Waals surface area contributed by atoms with Crippen LogP contribution in [0.2, 0.25) is 0 Å². The number of para-hydroxylation sites is 4. The maximum atomic E-state index is 5.38. The summed E-state index contributed by atoms with van der Waals surface area (Å²) in [5.74, 6) is 1.26. The standard InChI is InChI=1S/C51H35N3/c1-3-13-34(14-4-1)35-23-25-36(26-24-35)43-33-51(52-46-20-10-7-17-40(43)46)54-48-22-12-9-19-42(48)45-32-38(28-30-50(45)54)37-27-29-49-44(31-37)41-18-8-11-21-47(41)53(49)39-15-5-2-6-16-39/h1-32,43H,33H2. The molecule has 0 saturated heterocycles. The molecule has 10 aromatic rings. The van der Waals surface area contributed by atoms with Crippen LogP contribution in [0.25, 0.3) is 71.6 Å². The van der Waals surface area contributed by atoms with Gasteiger partial charge in [0.05, 0.1) is 27.8 Å². The predicted molar refractivity (Wildman–Crippen MR) is 226 cm³/mol. The van der Waals surface area contributed by atoms with Crippen molar-refractivity contribution in [2.24, 2.45) is 4.99 Å². The summed E-state index contributed by atoms with van der Waals surface area (Å²) in [6.45, 7) is 0. The lowest BCUT2D eigenvalue weighted by atomic mass is 9.84. The van der Waals surface area contributed by atoms with Crippen LogP contribution in [-0.4, -0.2) is 15.0 Å². The average Bonchev–Trinajstić information content (AvgIpc) is 3.76. The first-order chi connectivity index (χ1) is 26.8. The fourth-order valence-corrected chi connectivity index (χ4v) is 8.78. The van der Waals surface area contributed by atoms with Gasteiger partial charge >= 0.3 is 0 Å². The van der Waals surface area contributed by atoms with Crippen LogP contribution in [0, 0.1) is 0 Å². The maximum Gasteiger partial charge on any atom is 0.115 e. The molecular formula is C51H35N3. The van der Waals surface area contributed by atoms with Gasteiger partial charge in [-0.3, -0.25) is 4.57 Å². The Morgan fingerprint density at radius 1 is 0.389 bits per heavy atom. The maximum absolute atomic E-state index is 5.38. The minimum atomic E-state index is 0.193. The van der Waals surface area contributed by atoms with Crippen molar-refractivity contribution in [2.45, 2.75) is 12.3 Å². The molecule has 0 amide bonds. The average molecular weight is 690 g/mol. The van der Waals surface area contributed by atoms with Crippen molar-refractivity contribution in [3.63, 3.8) is 0 Å². The molecular weight excluding hydrogens is 655 g/mol. The molecule has 3 heteroatoms. The van der Waals surface area contributed by atoms with E-state index in [0.717, 1.165) is 17.9 Å². The lowest BCUT2D eigenvalue weighted by Crippen LogP contribution is -2.20. The molecule has 3 nitrogen and oxygen atoms in total. The predicted octanol–water partition coefficient (Wildman–Crippen LogP) is 13.3. The van der Waals surface area contributed by atoms with Crippen LogP contribution < -0.4 is 0 Å². The van der Waals surface area contributed by atoms with E-state index in [1.54, 1.807) is 0 Å². The molecule has 11 rings (SSSR count). The lowest BCUT2D eigenvalue weighted by molar-refractivity contribution is 0.821.